The Morgan fingerprint density at radius 3 is 1.98 bits per heavy atom. The van der Waals surface area contributed by atoms with Crippen molar-refractivity contribution >= 4 is 75.3 Å². The van der Waals surface area contributed by atoms with E-state index in [4.69, 9.17) is 4.98 Å². The van der Waals surface area contributed by atoms with Crippen LogP contribution < -0.4 is 4.90 Å². The fourth-order valence-electron chi connectivity index (χ4n) is 7.66. The van der Waals surface area contributed by atoms with E-state index in [2.05, 4.69) is 144 Å². The molecule has 0 bridgehead atoms. The highest BCUT2D eigenvalue weighted by molar-refractivity contribution is 7.26. The summed E-state index contributed by atoms with van der Waals surface area (Å²) in [5, 5.41) is 10.4. The van der Waals surface area contributed by atoms with Gasteiger partial charge in [0.05, 0.1) is 10.7 Å². The topological polar surface area (TPSA) is 16.1 Å². The van der Waals surface area contributed by atoms with Crippen LogP contribution in [0.2, 0.25) is 0 Å². The van der Waals surface area contributed by atoms with E-state index in [1.165, 1.54) is 74.9 Å². The van der Waals surface area contributed by atoms with Crippen LogP contribution in [-0.4, -0.2) is 11.0 Å². The van der Waals surface area contributed by atoms with Gasteiger partial charge in [0.2, 0.25) is 0 Å². The maximum absolute atomic E-state index is 5.02. The van der Waals surface area contributed by atoms with Gasteiger partial charge < -0.3 is 4.90 Å². The smallest absolute Gasteiger partial charge is 0.151 e. The molecule has 206 valence electrons. The van der Waals surface area contributed by atoms with Crippen LogP contribution in [-0.2, 0) is 0 Å². The highest BCUT2D eigenvalue weighted by Crippen LogP contribution is 2.50. The quantitative estimate of drug-likeness (QED) is 0.190. The van der Waals surface area contributed by atoms with E-state index >= 15 is 0 Å². The summed E-state index contributed by atoms with van der Waals surface area (Å²) in [6, 6.07) is 42.8. The molecule has 2 aliphatic rings. The summed E-state index contributed by atoms with van der Waals surface area (Å²) in [5.74, 6) is 1.39. The Morgan fingerprint density at radius 1 is 0.545 bits per heavy atom. The van der Waals surface area contributed by atoms with Crippen molar-refractivity contribution in [2.75, 3.05) is 4.90 Å². The van der Waals surface area contributed by atoms with Crippen LogP contribution in [0.3, 0.4) is 0 Å². The Bertz CT molecular complexity index is 2500. The first kappa shape index (κ1) is 24.2. The molecule has 0 fully saturated rings. The van der Waals surface area contributed by atoms with Crippen LogP contribution in [0.1, 0.15) is 11.5 Å². The maximum Gasteiger partial charge on any atom is 0.151 e. The number of aromatic nitrogens is 1. The summed E-state index contributed by atoms with van der Waals surface area (Å²) in [4.78, 5) is 7.48. The van der Waals surface area contributed by atoms with E-state index in [1.807, 2.05) is 17.5 Å². The van der Waals surface area contributed by atoms with Crippen molar-refractivity contribution < 1.29 is 0 Å². The lowest BCUT2D eigenvalue weighted by atomic mass is 9.91. The molecule has 10 rings (SSSR count). The van der Waals surface area contributed by atoms with Gasteiger partial charge in [-0.25, -0.2) is 4.98 Å². The Balaban J connectivity index is 1.16. The fraction of sp³-hybridized carbons (Fsp3) is 0.0488. The predicted molar refractivity (Wildman–Crippen MR) is 188 cm³/mol. The third-order valence-corrected chi connectivity index (χ3v) is 10.8. The van der Waals surface area contributed by atoms with Gasteiger partial charge in [0, 0.05) is 33.3 Å². The summed E-state index contributed by atoms with van der Waals surface area (Å²) in [5.41, 5.74) is 5.11. The SMILES string of the molecule is C1=CC2c3ccccc3N(c3nccc4c3sc3ccc(-c5ccc6c7ccccc7c7ccccc7c6c5)cc34)C2C=C1. The van der Waals surface area contributed by atoms with Crippen LogP contribution in [0.4, 0.5) is 11.5 Å². The van der Waals surface area contributed by atoms with Crippen LogP contribution >= 0.6 is 11.3 Å². The van der Waals surface area contributed by atoms with Crippen molar-refractivity contribution in [1.82, 2.24) is 4.98 Å². The molecule has 0 amide bonds. The third-order valence-electron chi connectivity index (χ3n) is 9.63. The van der Waals surface area contributed by atoms with E-state index in [0.717, 1.165) is 5.82 Å². The number of allylic oxidation sites excluding steroid dienone is 2. The van der Waals surface area contributed by atoms with Crippen molar-refractivity contribution in [3.8, 4) is 11.1 Å². The average Bonchev–Trinajstić information content (AvgIpc) is 3.64. The second-order valence-corrected chi connectivity index (χ2v) is 12.9. The Morgan fingerprint density at radius 2 is 1.18 bits per heavy atom. The molecule has 0 radical (unpaired) electrons. The zero-order valence-corrected chi connectivity index (χ0v) is 24.6. The minimum absolute atomic E-state index is 0.236. The van der Waals surface area contributed by atoms with Gasteiger partial charge in [-0.3, -0.25) is 0 Å². The van der Waals surface area contributed by atoms with Crippen LogP contribution in [0.15, 0.2) is 146 Å². The first-order valence-corrected chi connectivity index (χ1v) is 16.0. The Labute approximate surface area is 258 Å². The number of nitrogens with zero attached hydrogens (tertiary/aromatic N) is 2. The number of benzene rings is 6. The highest BCUT2D eigenvalue weighted by atomic mass is 32.1. The lowest BCUT2D eigenvalue weighted by Crippen LogP contribution is -2.29. The summed E-state index contributed by atoms with van der Waals surface area (Å²) in [6.07, 6.45) is 11.0. The second-order valence-electron chi connectivity index (χ2n) is 11.9. The van der Waals surface area contributed by atoms with Crippen LogP contribution in [0, 0.1) is 0 Å². The van der Waals surface area contributed by atoms with Crippen molar-refractivity contribution in [2.45, 2.75) is 12.0 Å². The van der Waals surface area contributed by atoms with Gasteiger partial charge in [0.15, 0.2) is 5.82 Å². The van der Waals surface area contributed by atoms with E-state index in [1.54, 1.807) is 0 Å². The molecule has 1 aliphatic heterocycles. The Hall–Kier alpha value is -5.25. The minimum Gasteiger partial charge on any atom is -0.317 e. The number of anilines is 2. The molecular formula is C41H26N2S. The molecule has 0 N–H and O–H groups in total. The van der Waals surface area contributed by atoms with Gasteiger partial charge in [-0.1, -0.05) is 109 Å². The molecule has 3 heteroatoms. The molecule has 0 saturated heterocycles. The molecule has 1 aliphatic carbocycles. The molecule has 2 aromatic heterocycles. The highest BCUT2D eigenvalue weighted by Gasteiger charge is 2.38. The van der Waals surface area contributed by atoms with Crippen molar-refractivity contribution in [3.63, 3.8) is 0 Å². The average molecular weight is 579 g/mol. The monoisotopic (exact) mass is 578 g/mol. The van der Waals surface area contributed by atoms with E-state index in [9.17, 15) is 0 Å². The first-order valence-electron chi connectivity index (χ1n) is 15.2. The zero-order chi connectivity index (χ0) is 28.8. The molecule has 0 spiro atoms. The van der Waals surface area contributed by atoms with E-state index in [-0.39, 0.29) is 6.04 Å². The van der Waals surface area contributed by atoms with Gasteiger partial charge in [-0.05, 0) is 79.3 Å². The standard InChI is InChI=1S/C41H26N2S/c1-2-11-29-27(9-1)28-10-3-4-12-30(28)35-23-25(17-19-31(29)35)26-18-20-39-36(24-26)34-21-22-42-41(40(34)44-39)43-37-15-7-5-13-32(37)33-14-6-8-16-38(33)43/h1-24,32,37H. The van der Waals surface area contributed by atoms with Gasteiger partial charge in [0.1, 0.15) is 0 Å². The van der Waals surface area contributed by atoms with Gasteiger partial charge in [-0.2, -0.15) is 0 Å². The summed E-state index contributed by atoms with van der Waals surface area (Å²) >= 11 is 1.85. The molecule has 2 atom stereocenters. The molecule has 0 saturated carbocycles. The normalized spacial score (nSPS) is 17.3. The van der Waals surface area contributed by atoms with Crippen molar-refractivity contribution in [2.24, 2.45) is 0 Å². The molecular weight excluding hydrogens is 553 g/mol. The number of pyridine rings is 1. The molecule has 6 aromatic carbocycles. The van der Waals surface area contributed by atoms with Gasteiger partial charge in [0.25, 0.3) is 0 Å². The third kappa shape index (κ3) is 3.33. The second kappa shape index (κ2) is 9.12. The summed E-state index contributed by atoms with van der Waals surface area (Å²) in [6.45, 7) is 0. The maximum atomic E-state index is 5.02. The molecule has 8 aromatic rings. The summed E-state index contributed by atoms with van der Waals surface area (Å²) in [7, 11) is 0. The Kier molecular flexibility index (Phi) is 5.02. The van der Waals surface area contributed by atoms with Crippen molar-refractivity contribution in [3.05, 3.63) is 151 Å². The fourth-order valence-corrected chi connectivity index (χ4v) is 8.83. The lowest BCUT2D eigenvalue weighted by Gasteiger charge is -2.28. The lowest BCUT2D eigenvalue weighted by molar-refractivity contribution is 0.740. The predicted octanol–water partition coefficient (Wildman–Crippen LogP) is 11.3. The van der Waals surface area contributed by atoms with Gasteiger partial charge in [-0.15, -0.1) is 11.3 Å². The largest absolute Gasteiger partial charge is 0.317 e. The molecule has 44 heavy (non-hydrogen) atoms. The molecule has 2 unspecified atom stereocenters. The first-order chi connectivity index (χ1) is 21.8. The summed E-state index contributed by atoms with van der Waals surface area (Å²) < 4.78 is 2.53. The number of thiophene rings is 1. The van der Waals surface area contributed by atoms with Crippen LogP contribution in [0.5, 0.6) is 0 Å². The molecule has 3 heterocycles. The number of hydrogen-bond acceptors (Lipinski definition) is 3. The number of para-hydroxylation sites is 1. The molecule has 2 nitrogen and oxygen atoms in total. The van der Waals surface area contributed by atoms with Crippen LogP contribution in [0.25, 0.3) is 63.6 Å². The van der Waals surface area contributed by atoms with Crippen molar-refractivity contribution in [1.29, 1.82) is 0 Å². The number of fused-ring (bicyclic) bond motifs is 12. The minimum atomic E-state index is 0.236. The number of rotatable bonds is 2. The van der Waals surface area contributed by atoms with E-state index in [0.29, 0.717) is 5.92 Å². The van der Waals surface area contributed by atoms with E-state index < -0.39 is 0 Å². The zero-order valence-electron chi connectivity index (χ0n) is 23.8. The van der Waals surface area contributed by atoms with Gasteiger partial charge >= 0.3 is 0 Å². The number of hydrogen-bond donors (Lipinski definition) is 0.